The summed E-state index contributed by atoms with van der Waals surface area (Å²) in [6.07, 6.45) is 0. The second-order valence-electron chi connectivity index (χ2n) is 5.06. The van der Waals surface area contributed by atoms with Gasteiger partial charge in [0, 0.05) is 10.7 Å². The van der Waals surface area contributed by atoms with Crippen LogP contribution in [0.15, 0.2) is 42.5 Å². The van der Waals surface area contributed by atoms with Crippen LogP contribution in [-0.2, 0) is 11.4 Å². The fraction of sp³-hybridized carbons (Fsp3) is 0.235. The second kappa shape index (κ2) is 7.85. The molecule has 0 saturated heterocycles. The van der Waals surface area contributed by atoms with Gasteiger partial charge in [-0.1, -0.05) is 23.7 Å². The number of benzene rings is 2. The minimum Gasteiger partial charge on any atom is -0.495 e. The van der Waals surface area contributed by atoms with Crippen LogP contribution in [0.1, 0.15) is 12.5 Å². The highest BCUT2D eigenvalue weighted by Crippen LogP contribution is 2.27. The Morgan fingerprint density at radius 3 is 2.78 bits per heavy atom. The number of amides is 1. The highest BCUT2D eigenvalue weighted by atomic mass is 35.5. The van der Waals surface area contributed by atoms with Gasteiger partial charge < -0.3 is 20.5 Å². The average Bonchev–Trinajstić information content (AvgIpc) is 2.55. The van der Waals surface area contributed by atoms with Crippen LogP contribution in [0.3, 0.4) is 0 Å². The van der Waals surface area contributed by atoms with Gasteiger partial charge in [-0.2, -0.15) is 0 Å². The number of rotatable bonds is 6. The summed E-state index contributed by atoms with van der Waals surface area (Å²) in [4.78, 5) is 12.3. The van der Waals surface area contributed by atoms with Gasteiger partial charge in [0.05, 0.1) is 19.4 Å². The van der Waals surface area contributed by atoms with Crippen molar-refractivity contribution < 1.29 is 14.6 Å². The number of nitrogens with one attached hydrogen (secondary N) is 2. The van der Waals surface area contributed by atoms with Gasteiger partial charge in [-0.15, -0.1) is 0 Å². The number of halogens is 1. The Bertz CT molecular complexity index is 691. The molecule has 0 saturated carbocycles. The van der Waals surface area contributed by atoms with E-state index in [-0.39, 0.29) is 12.5 Å². The summed E-state index contributed by atoms with van der Waals surface area (Å²) in [6.45, 7) is 1.70. The van der Waals surface area contributed by atoms with Crippen LogP contribution >= 0.6 is 11.6 Å². The van der Waals surface area contributed by atoms with Gasteiger partial charge in [-0.05, 0) is 42.8 Å². The van der Waals surface area contributed by atoms with Crippen LogP contribution in [0.2, 0.25) is 5.02 Å². The standard InChI is InChI=1S/C17H19ClN2O3/c1-11(19-14-5-3-4-12(8-14)10-21)17(22)20-15-9-13(18)6-7-16(15)23-2/h3-9,11,19,21H,10H2,1-2H3,(H,20,22). The molecule has 0 heterocycles. The lowest BCUT2D eigenvalue weighted by Gasteiger charge is -2.17. The number of methoxy groups -OCH3 is 1. The first-order valence-corrected chi connectivity index (χ1v) is 7.52. The Morgan fingerprint density at radius 1 is 1.30 bits per heavy atom. The van der Waals surface area contributed by atoms with E-state index in [1.165, 1.54) is 7.11 Å². The van der Waals surface area contributed by atoms with E-state index in [4.69, 9.17) is 21.4 Å². The molecule has 1 amide bonds. The number of carbonyl (C=O) groups excluding carboxylic acids is 1. The third-order valence-electron chi connectivity index (χ3n) is 3.31. The van der Waals surface area contributed by atoms with Crippen LogP contribution < -0.4 is 15.4 Å². The van der Waals surface area contributed by atoms with Crippen molar-refractivity contribution in [3.05, 3.63) is 53.1 Å². The molecule has 0 fully saturated rings. The van der Waals surface area contributed by atoms with Gasteiger partial charge in [0.1, 0.15) is 11.8 Å². The predicted octanol–water partition coefficient (Wildman–Crippen LogP) is 3.28. The molecule has 3 N–H and O–H groups in total. The van der Waals surface area contributed by atoms with E-state index >= 15 is 0 Å². The normalized spacial score (nSPS) is 11.7. The lowest BCUT2D eigenvalue weighted by molar-refractivity contribution is -0.116. The second-order valence-corrected chi connectivity index (χ2v) is 5.49. The Labute approximate surface area is 140 Å². The first kappa shape index (κ1) is 17.1. The van der Waals surface area contributed by atoms with E-state index < -0.39 is 6.04 Å². The highest BCUT2D eigenvalue weighted by molar-refractivity contribution is 6.31. The molecule has 0 aliphatic heterocycles. The summed E-state index contributed by atoms with van der Waals surface area (Å²) < 4.78 is 5.21. The van der Waals surface area contributed by atoms with E-state index in [2.05, 4.69) is 10.6 Å². The van der Waals surface area contributed by atoms with Gasteiger partial charge in [-0.25, -0.2) is 0 Å². The molecule has 2 aromatic rings. The lowest BCUT2D eigenvalue weighted by Crippen LogP contribution is -2.32. The minimum absolute atomic E-state index is 0.0458. The number of hydrogen-bond acceptors (Lipinski definition) is 4. The third-order valence-corrected chi connectivity index (χ3v) is 3.54. The van der Waals surface area contributed by atoms with Crippen LogP contribution in [0, 0.1) is 0 Å². The van der Waals surface area contributed by atoms with Crippen molar-refractivity contribution >= 4 is 28.9 Å². The first-order valence-electron chi connectivity index (χ1n) is 7.14. The minimum atomic E-state index is -0.479. The predicted molar refractivity (Wildman–Crippen MR) is 92.1 cm³/mol. The van der Waals surface area contributed by atoms with Crippen LogP contribution in [0.5, 0.6) is 5.75 Å². The van der Waals surface area contributed by atoms with E-state index in [1.807, 2.05) is 18.2 Å². The monoisotopic (exact) mass is 334 g/mol. The van der Waals surface area contributed by atoms with Gasteiger partial charge in [0.15, 0.2) is 0 Å². The van der Waals surface area contributed by atoms with Crippen LogP contribution in [0.25, 0.3) is 0 Å². The van der Waals surface area contributed by atoms with E-state index in [9.17, 15) is 4.79 Å². The smallest absolute Gasteiger partial charge is 0.246 e. The number of anilines is 2. The van der Waals surface area contributed by atoms with Crippen molar-refractivity contribution in [2.45, 2.75) is 19.6 Å². The molecule has 122 valence electrons. The zero-order valence-corrected chi connectivity index (χ0v) is 13.7. The third kappa shape index (κ3) is 4.61. The molecular formula is C17H19ClN2O3. The maximum absolute atomic E-state index is 12.3. The fourth-order valence-corrected chi connectivity index (χ4v) is 2.27. The molecule has 1 atom stereocenters. The van der Waals surface area contributed by atoms with Crippen LogP contribution in [0.4, 0.5) is 11.4 Å². The summed E-state index contributed by atoms with van der Waals surface area (Å²) in [5, 5.41) is 15.5. The largest absolute Gasteiger partial charge is 0.495 e. The molecule has 6 heteroatoms. The molecular weight excluding hydrogens is 316 g/mol. The molecule has 2 rings (SSSR count). The van der Waals surface area contributed by atoms with Crippen molar-refractivity contribution in [2.75, 3.05) is 17.7 Å². The number of hydrogen-bond donors (Lipinski definition) is 3. The molecule has 0 bridgehead atoms. The Kier molecular flexibility index (Phi) is 5.84. The Balaban J connectivity index is 2.06. The highest BCUT2D eigenvalue weighted by Gasteiger charge is 2.15. The molecule has 23 heavy (non-hydrogen) atoms. The zero-order valence-electron chi connectivity index (χ0n) is 13.0. The van der Waals surface area contributed by atoms with E-state index in [0.29, 0.717) is 16.5 Å². The molecule has 1 unspecified atom stereocenters. The van der Waals surface area contributed by atoms with Crippen molar-refractivity contribution in [2.24, 2.45) is 0 Å². The zero-order chi connectivity index (χ0) is 16.8. The molecule has 0 aliphatic rings. The summed E-state index contributed by atoms with van der Waals surface area (Å²) in [6, 6.07) is 11.8. The van der Waals surface area contributed by atoms with Crippen molar-refractivity contribution in [3.8, 4) is 5.75 Å². The topological polar surface area (TPSA) is 70.6 Å². The fourth-order valence-electron chi connectivity index (χ4n) is 2.09. The number of ether oxygens (including phenoxy) is 1. The van der Waals surface area contributed by atoms with E-state index in [0.717, 1.165) is 11.3 Å². The number of aliphatic hydroxyl groups is 1. The van der Waals surface area contributed by atoms with Crippen LogP contribution in [-0.4, -0.2) is 24.2 Å². The maximum atomic E-state index is 12.3. The maximum Gasteiger partial charge on any atom is 0.246 e. The molecule has 2 aromatic carbocycles. The molecule has 0 radical (unpaired) electrons. The van der Waals surface area contributed by atoms with Crippen molar-refractivity contribution in [1.29, 1.82) is 0 Å². The van der Waals surface area contributed by atoms with Gasteiger partial charge in [-0.3, -0.25) is 4.79 Å². The Morgan fingerprint density at radius 2 is 2.09 bits per heavy atom. The van der Waals surface area contributed by atoms with E-state index in [1.54, 1.807) is 31.2 Å². The number of carbonyl (C=O) groups is 1. The summed E-state index contributed by atoms with van der Waals surface area (Å²) in [5.74, 6) is 0.317. The van der Waals surface area contributed by atoms with Gasteiger partial charge in [0.25, 0.3) is 0 Å². The SMILES string of the molecule is COc1ccc(Cl)cc1NC(=O)C(C)Nc1cccc(CO)c1. The van der Waals surface area contributed by atoms with Crippen molar-refractivity contribution in [3.63, 3.8) is 0 Å². The Hall–Kier alpha value is -2.24. The average molecular weight is 335 g/mol. The molecule has 0 spiro atoms. The summed E-state index contributed by atoms with van der Waals surface area (Å²) >= 11 is 5.95. The molecule has 0 aliphatic carbocycles. The van der Waals surface area contributed by atoms with Crippen molar-refractivity contribution in [1.82, 2.24) is 0 Å². The summed E-state index contributed by atoms with van der Waals surface area (Å²) in [7, 11) is 1.53. The van der Waals surface area contributed by atoms with Gasteiger partial charge >= 0.3 is 0 Å². The number of aliphatic hydroxyl groups excluding tert-OH is 1. The first-order chi connectivity index (χ1) is 11.0. The molecule has 5 nitrogen and oxygen atoms in total. The van der Waals surface area contributed by atoms with Gasteiger partial charge in [0.2, 0.25) is 5.91 Å². The summed E-state index contributed by atoms with van der Waals surface area (Å²) in [5.41, 5.74) is 2.05. The quantitative estimate of drug-likeness (QED) is 0.758. The lowest BCUT2D eigenvalue weighted by atomic mass is 10.2. The molecule has 0 aromatic heterocycles.